The zero-order valence-electron chi connectivity index (χ0n) is 18.6. The standard InChI is InChI=1S/C21H29BBrN5O3/c1-11-14-9-27(19(30)31-20(2,3)4)10-21(14,22)6-15(11)26-17-13(18(24)29)7-25-28-8-12(23)5-16(17)28/h5,7-8,11,14-15,26H,6,9-10,22H2,1-4H3,(H2,24,29)/t11-,14?,15-,21?/m1/s1. The number of carbonyl (C=O) groups is 2. The molecule has 0 spiro atoms. The summed E-state index contributed by atoms with van der Waals surface area (Å²) in [6, 6.07) is 2.07. The molecule has 0 bridgehead atoms. The van der Waals surface area contributed by atoms with Gasteiger partial charge in [-0.15, -0.1) is 0 Å². The monoisotopic (exact) mass is 489 g/mol. The highest BCUT2D eigenvalue weighted by atomic mass is 79.9. The van der Waals surface area contributed by atoms with Crippen LogP contribution in [0.25, 0.3) is 5.52 Å². The third-order valence-corrected chi connectivity index (χ3v) is 7.10. The van der Waals surface area contributed by atoms with Crippen molar-refractivity contribution in [1.29, 1.82) is 0 Å². The summed E-state index contributed by atoms with van der Waals surface area (Å²) in [4.78, 5) is 26.5. The lowest BCUT2D eigenvalue weighted by Gasteiger charge is -2.28. The van der Waals surface area contributed by atoms with Gasteiger partial charge in [0.25, 0.3) is 5.91 Å². The Bertz CT molecular complexity index is 1050. The van der Waals surface area contributed by atoms with Crippen molar-refractivity contribution in [3.05, 3.63) is 28.5 Å². The van der Waals surface area contributed by atoms with Gasteiger partial charge >= 0.3 is 6.09 Å². The number of carbonyl (C=O) groups excluding carboxylic acids is 2. The van der Waals surface area contributed by atoms with Crippen molar-refractivity contribution in [2.75, 3.05) is 18.4 Å². The Balaban J connectivity index is 1.57. The Morgan fingerprint density at radius 3 is 2.74 bits per heavy atom. The lowest BCUT2D eigenvalue weighted by atomic mass is 9.63. The predicted octanol–water partition coefficient (Wildman–Crippen LogP) is 2.67. The van der Waals surface area contributed by atoms with E-state index in [1.165, 1.54) is 6.20 Å². The normalized spacial score (nSPS) is 28.0. The number of hydrogen-bond acceptors (Lipinski definition) is 5. The van der Waals surface area contributed by atoms with Crippen molar-refractivity contribution in [3.63, 3.8) is 0 Å². The van der Waals surface area contributed by atoms with E-state index in [-0.39, 0.29) is 17.4 Å². The zero-order valence-corrected chi connectivity index (χ0v) is 20.2. The Morgan fingerprint density at radius 1 is 1.42 bits per heavy atom. The van der Waals surface area contributed by atoms with Crippen LogP contribution >= 0.6 is 15.9 Å². The van der Waals surface area contributed by atoms with E-state index in [1.807, 2.05) is 37.9 Å². The Hall–Kier alpha value is -2.23. The van der Waals surface area contributed by atoms with Gasteiger partial charge in [0.05, 0.1) is 23.0 Å². The average molecular weight is 490 g/mol. The lowest BCUT2D eigenvalue weighted by molar-refractivity contribution is 0.0277. The van der Waals surface area contributed by atoms with Gasteiger partial charge in [-0.2, -0.15) is 5.10 Å². The maximum absolute atomic E-state index is 12.6. The minimum absolute atomic E-state index is 0.0211. The maximum Gasteiger partial charge on any atom is 0.410 e. The first-order chi connectivity index (χ1) is 14.4. The van der Waals surface area contributed by atoms with Gasteiger partial charge in [0.1, 0.15) is 13.4 Å². The van der Waals surface area contributed by atoms with Gasteiger partial charge in [0, 0.05) is 29.8 Å². The summed E-state index contributed by atoms with van der Waals surface area (Å²) < 4.78 is 8.19. The third kappa shape index (κ3) is 4.02. The smallest absolute Gasteiger partial charge is 0.410 e. The molecule has 3 N–H and O–H groups in total. The number of primary amides is 1. The minimum Gasteiger partial charge on any atom is -0.444 e. The molecule has 2 aromatic rings. The number of likely N-dealkylation sites (tertiary alicyclic amines) is 1. The number of aromatic nitrogens is 2. The number of ether oxygens (including phenoxy) is 1. The molecule has 4 atom stereocenters. The molecule has 0 aromatic carbocycles. The van der Waals surface area contributed by atoms with Crippen LogP contribution in [0.15, 0.2) is 22.9 Å². The number of rotatable bonds is 3. The summed E-state index contributed by atoms with van der Waals surface area (Å²) in [5, 5.41) is 7.89. The predicted molar refractivity (Wildman–Crippen MR) is 125 cm³/mol. The fourth-order valence-corrected chi connectivity index (χ4v) is 5.67. The van der Waals surface area contributed by atoms with Crippen LogP contribution in [0.1, 0.15) is 44.5 Å². The number of anilines is 1. The molecule has 1 aliphatic carbocycles. The van der Waals surface area contributed by atoms with Gasteiger partial charge in [0.15, 0.2) is 0 Å². The second-order valence-electron chi connectivity index (χ2n) is 10.2. The topological polar surface area (TPSA) is 102 Å². The molecule has 10 heteroatoms. The van der Waals surface area contributed by atoms with Crippen molar-refractivity contribution in [3.8, 4) is 0 Å². The molecule has 166 valence electrons. The fourth-order valence-electron chi connectivity index (χ4n) is 5.26. The van der Waals surface area contributed by atoms with E-state index >= 15 is 0 Å². The van der Waals surface area contributed by atoms with Crippen LogP contribution in [0.5, 0.6) is 0 Å². The van der Waals surface area contributed by atoms with E-state index < -0.39 is 11.5 Å². The number of nitrogens with zero attached hydrogens (tertiary/aromatic N) is 3. The number of fused-ring (bicyclic) bond motifs is 2. The number of nitrogens with two attached hydrogens (primary N) is 1. The van der Waals surface area contributed by atoms with Crippen LogP contribution in [-0.4, -0.2) is 59.1 Å². The van der Waals surface area contributed by atoms with Crippen molar-refractivity contribution in [2.24, 2.45) is 17.6 Å². The highest BCUT2D eigenvalue weighted by molar-refractivity contribution is 9.10. The largest absolute Gasteiger partial charge is 0.444 e. The Kier molecular flexibility index (Phi) is 5.27. The SMILES string of the molecule is BC12C[C@@H](Nc3c(C(N)=O)cnn4cc(Br)cc34)[C@H](C)C1CN(C(=O)OC(C)(C)C)C2. The van der Waals surface area contributed by atoms with E-state index in [0.717, 1.165) is 16.4 Å². The van der Waals surface area contributed by atoms with E-state index in [0.29, 0.717) is 36.2 Å². The van der Waals surface area contributed by atoms with Crippen molar-refractivity contribution in [1.82, 2.24) is 14.5 Å². The second-order valence-corrected chi connectivity index (χ2v) is 11.1. The third-order valence-electron chi connectivity index (χ3n) is 6.67. The molecule has 2 fully saturated rings. The van der Waals surface area contributed by atoms with Crippen LogP contribution in [0, 0.1) is 11.8 Å². The van der Waals surface area contributed by atoms with Gasteiger partial charge in [0.2, 0.25) is 0 Å². The van der Waals surface area contributed by atoms with E-state index in [2.05, 4.69) is 41.1 Å². The zero-order chi connectivity index (χ0) is 22.7. The molecule has 2 amide bonds. The van der Waals surface area contributed by atoms with E-state index in [9.17, 15) is 9.59 Å². The number of nitrogens with one attached hydrogen (secondary N) is 1. The first kappa shape index (κ1) is 22.0. The summed E-state index contributed by atoms with van der Waals surface area (Å²) in [5.74, 6) is 0.124. The van der Waals surface area contributed by atoms with Gasteiger partial charge in [-0.1, -0.05) is 6.92 Å². The summed E-state index contributed by atoms with van der Waals surface area (Å²) in [5.41, 5.74) is 7.02. The van der Waals surface area contributed by atoms with Gasteiger partial charge in [-0.05, 0) is 66.3 Å². The van der Waals surface area contributed by atoms with Crippen molar-refractivity contribution in [2.45, 2.75) is 51.1 Å². The highest BCUT2D eigenvalue weighted by Gasteiger charge is 2.55. The number of halogens is 1. The van der Waals surface area contributed by atoms with Crippen LogP contribution < -0.4 is 11.1 Å². The molecule has 8 nitrogen and oxygen atoms in total. The summed E-state index contributed by atoms with van der Waals surface area (Å²) >= 11 is 3.48. The fraction of sp³-hybridized carbons (Fsp3) is 0.571. The first-order valence-electron chi connectivity index (χ1n) is 10.6. The molecule has 2 aliphatic rings. The Morgan fingerprint density at radius 2 is 2.13 bits per heavy atom. The molecule has 2 unspecified atom stereocenters. The Labute approximate surface area is 191 Å². The maximum atomic E-state index is 12.6. The van der Waals surface area contributed by atoms with Gasteiger partial charge in [-0.25, -0.2) is 9.31 Å². The average Bonchev–Trinajstić information content (AvgIpc) is 3.24. The molecule has 1 saturated carbocycles. The molecule has 4 rings (SSSR count). The lowest BCUT2D eigenvalue weighted by Crippen LogP contribution is -2.38. The molecular weight excluding hydrogens is 461 g/mol. The van der Waals surface area contributed by atoms with Gasteiger partial charge in [-0.3, -0.25) is 4.79 Å². The van der Waals surface area contributed by atoms with Crippen LogP contribution in [0.4, 0.5) is 10.5 Å². The first-order valence-corrected chi connectivity index (χ1v) is 11.4. The van der Waals surface area contributed by atoms with E-state index in [4.69, 9.17) is 10.5 Å². The highest BCUT2D eigenvalue weighted by Crippen LogP contribution is 2.55. The quantitative estimate of drug-likeness (QED) is 0.645. The van der Waals surface area contributed by atoms with E-state index in [1.54, 1.807) is 4.52 Å². The molecule has 2 aromatic heterocycles. The number of amides is 2. The minimum atomic E-state index is -0.511. The molecular formula is C21H29BBrN5O3. The second kappa shape index (κ2) is 7.43. The molecule has 0 radical (unpaired) electrons. The van der Waals surface area contributed by atoms with Crippen LogP contribution in [0.2, 0.25) is 5.31 Å². The van der Waals surface area contributed by atoms with Gasteiger partial charge < -0.3 is 20.7 Å². The molecule has 1 saturated heterocycles. The summed E-state index contributed by atoms with van der Waals surface area (Å²) in [6.07, 6.45) is 3.99. The van der Waals surface area contributed by atoms with Crippen LogP contribution in [-0.2, 0) is 4.74 Å². The molecule has 1 aliphatic heterocycles. The summed E-state index contributed by atoms with van der Waals surface area (Å²) in [7, 11) is 2.24. The molecule has 3 heterocycles. The van der Waals surface area contributed by atoms with Crippen molar-refractivity contribution < 1.29 is 14.3 Å². The van der Waals surface area contributed by atoms with Crippen LogP contribution in [0.3, 0.4) is 0 Å². The van der Waals surface area contributed by atoms with Crippen molar-refractivity contribution >= 4 is 47.0 Å². The molecule has 31 heavy (non-hydrogen) atoms. The summed E-state index contributed by atoms with van der Waals surface area (Å²) in [6.45, 7) is 9.21. The number of hydrogen-bond donors (Lipinski definition) is 2.